The molecule has 4 rings (SSSR count). The van der Waals surface area contributed by atoms with Crippen molar-refractivity contribution >= 4 is 17.7 Å². The highest BCUT2D eigenvalue weighted by molar-refractivity contribution is 7.99. The second-order valence-electron chi connectivity index (χ2n) is 10.2. The number of amides is 1. The highest BCUT2D eigenvalue weighted by atomic mass is 32.2. The Morgan fingerprint density at radius 3 is 2.50 bits per heavy atom. The molecular weight excluding hydrogens is 446 g/mol. The maximum Gasteiger partial charge on any atom is 0.287 e. The Hall–Kier alpha value is -2.54. The molecule has 1 saturated heterocycles. The summed E-state index contributed by atoms with van der Waals surface area (Å²) < 4.78 is 17.9. The van der Waals surface area contributed by atoms with E-state index in [1.165, 1.54) is 22.9 Å². The van der Waals surface area contributed by atoms with Crippen LogP contribution in [0.4, 0.5) is 0 Å². The lowest BCUT2D eigenvalue weighted by atomic mass is 9.87. The molecule has 5 nitrogen and oxygen atoms in total. The third-order valence-corrected chi connectivity index (χ3v) is 6.98. The van der Waals surface area contributed by atoms with Crippen molar-refractivity contribution in [2.75, 3.05) is 6.61 Å². The molecule has 6 heteroatoms. The number of carbonyl (C=O) groups excluding carboxylic acids is 1. The van der Waals surface area contributed by atoms with Gasteiger partial charge < -0.3 is 19.2 Å². The third-order valence-electron chi connectivity index (χ3n) is 5.90. The molecule has 0 saturated carbocycles. The zero-order valence-corrected chi connectivity index (χ0v) is 21.5. The van der Waals surface area contributed by atoms with Crippen molar-refractivity contribution in [1.82, 2.24) is 5.32 Å². The summed E-state index contributed by atoms with van der Waals surface area (Å²) in [7, 11) is 0. The van der Waals surface area contributed by atoms with Gasteiger partial charge >= 0.3 is 0 Å². The first-order valence-corrected chi connectivity index (χ1v) is 12.4. The van der Waals surface area contributed by atoms with Gasteiger partial charge in [0.25, 0.3) is 5.91 Å². The van der Waals surface area contributed by atoms with Crippen molar-refractivity contribution < 1.29 is 18.7 Å². The van der Waals surface area contributed by atoms with Crippen LogP contribution in [0.1, 0.15) is 68.0 Å². The smallest absolute Gasteiger partial charge is 0.287 e. The lowest BCUT2D eigenvalue weighted by Gasteiger charge is -2.41. The second kappa shape index (κ2) is 9.61. The van der Waals surface area contributed by atoms with Gasteiger partial charge in [-0.2, -0.15) is 0 Å². The van der Waals surface area contributed by atoms with E-state index in [2.05, 4.69) is 51.2 Å². The molecular formula is C28H33NO4S. The average Bonchev–Trinajstić information content (AvgIpc) is 3.25. The van der Waals surface area contributed by atoms with Crippen LogP contribution in [0.25, 0.3) is 0 Å². The second-order valence-corrected chi connectivity index (χ2v) is 11.2. The fraction of sp³-hybridized carbons (Fsp3) is 0.393. The Bertz CT molecular complexity index is 1150. The highest BCUT2D eigenvalue weighted by Crippen LogP contribution is 2.36. The van der Waals surface area contributed by atoms with Crippen LogP contribution in [0, 0.1) is 6.92 Å². The molecule has 2 aromatic carbocycles. The van der Waals surface area contributed by atoms with E-state index in [1.807, 2.05) is 50.2 Å². The van der Waals surface area contributed by atoms with Gasteiger partial charge in [-0.15, -0.1) is 0 Å². The van der Waals surface area contributed by atoms with Gasteiger partial charge in [0.15, 0.2) is 16.6 Å². The lowest BCUT2D eigenvalue weighted by molar-refractivity contribution is -0.284. The summed E-state index contributed by atoms with van der Waals surface area (Å²) >= 11 is 1.53. The number of carbonyl (C=O) groups is 1. The van der Waals surface area contributed by atoms with Gasteiger partial charge in [0.2, 0.25) is 0 Å². The summed E-state index contributed by atoms with van der Waals surface area (Å²) in [5.41, 5.74) is 3.49. The predicted molar refractivity (Wildman–Crippen MR) is 134 cm³/mol. The normalized spacial score (nSPS) is 20.2. The van der Waals surface area contributed by atoms with Crippen LogP contribution in [0.15, 0.2) is 75.1 Å². The quantitative estimate of drug-likeness (QED) is 0.443. The topological polar surface area (TPSA) is 60.7 Å². The van der Waals surface area contributed by atoms with Crippen molar-refractivity contribution in [2.24, 2.45) is 0 Å². The molecule has 180 valence electrons. The number of hydrogen-bond acceptors (Lipinski definition) is 5. The molecule has 34 heavy (non-hydrogen) atoms. The average molecular weight is 480 g/mol. The van der Waals surface area contributed by atoms with E-state index in [0.29, 0.717) is 11.7 Å². The summed E-state index contributed by atoms with van der Waals surface area (Å²) in [5, 5.41) is 3.72. The molecule has 3 aromatic rings. The largest absolute Gasteiger partial charge is 0.444 e. The molecule has 1 aliphatic rings. The summed E-state index contributed by atoms with van der Waals surface area (Å²) in [6.07, 6.45) is -0.319. The maximum atomic E-state index is 13.0. The van der Waals surface area contributed by atoms with Gasteiger partial charge in [-0.05, 0) is 61.1 Å². The van der Waals surface area contributed by atoms with E-state index in [0.717, 1.165) is 10.5 Å². The first-order chi connectivity index (χ1) is 16.0. The van der Waals surface area contributed by atoms with Gasteiger partial charge in [-0.1, -0.05) is 75.0 Å². The predicted octanol–water partition coefficient (Wildman–Crippen LogP) is 6.66. The fourth-order valence-corrected chi connectivity index (χ4v) is 4.78. The van der Waals surface area contributed by atoms with E-state index in [-0.39, 0.29) is 29.2 Å². The zero-order chi connectivity index (χ0) is 24.5. The van der Waals surface area contributed by atoms with E-state index < -0.39 is 5.79 Å². The minimum Gasteiger partial charge on any atom is -0.444 e. The standard InChI is InChI=1S/C28H33NO4S/c1-18-12-13-20(27(2,3)4)16-23(18)34-24-15-14-22(32-24)26(30)29-21-17-31-28(5,6)33-25(21)19-10-8-7-9-11-19/h7-16,21,25H,17H2,1-6H3,(H,29,30)/t21-,25?/m1/s1. The maximum absolute atomic E-state index is 13.0. The lowest BCUT2D eigenvalue weighted by Crippen LogP contribution is -2.51. The van der Waals surface area contributed by atoms with Crippen LogP contribution >= 0.6 is 11.8 Å². The van der Waals surface area contributed by atoms with Crippen molar-refractivity contribution in [3.63, 3.8) is 0 Å². The Morgan fingerprint density at radius 2 is 1.79 bits per heavy atom. The summed E-state index contributed by atoms with van der Waals surface area (Å²) in [4.78, 5) is 14.2. The SMILES string of the molecule is Cc1ccc(C(C)(C)C)cc1Sc1ccc(C(=O)N[C@@H]2COC(C)(C)OC2c2ccccc2)o1. The Morgan fingerprint density at radius 1 is 1.06 bits per heavy atom. The molecule has 2 heterocycles. The Labute approximate surface area is 206 Å². The van der Waals surface area contributed by atoms with Crippen LogP contribution in [0.2, 0.25) is 0 Å². The van der Waals surface area contributed by atoms with Crippen molar-refractivity contribution in [3.8, 4) is 0 Å². The summed E-state index contributed by atoms with van der Waals surface area (Å²) in [6.45, 7) is 12.8. The van der Waals surface area contributed by atoms with Gasteiger partial charge in [0.1, 0.15) is 6.10 Å². The number of ether oxygens (including phenoxy) is 2. The molecule has 1 aliphatic heterocycles. The molecule has 0 bridgehead atoms. The van der Waals surface area contributed by atoms with Crippen molar-refractivity contribution in [2.45, 2.75) is 74.9 Å². The van der Waals surface area contributed by atoms with Crippen LogP contribution in [-0.2, 0) is 14.9 Å². The minimum atomic E-state index is -0.727. The monoisotopic (exact) mass is 479 g/mol. The molecule has 0 aliphatic carbocycles. The van der Waals surface area contributed by atoms with Crippen LogP contribution in [-0.4, -0.2) is 24.3 Å². The zero-order valence-electron chi connectivity index (χ0n) is 20.7. The van der Waals surface area contributed by atoms with Crippen LogP contribution in [0.3, 0.4) is 0 Å². The number of furan rings is 1. The van der Waals surface area contributed by atoms with E-state index in [9.17, 15) is 4.79 Å². The summed E-state index contributed by atoms with van der Waals surface area (Å²) in [6, 6.07) is 19.6. The van der Waals surface area contributed by atoms with E-state index in [4.69, 9.17) is 13.9 Å². The molecule has 1 fully saturated rings. The number of rotatable bonds is 5. The fourth-order valence-electron chi connectivity index (χ4n) is 3.88. The van der Waals surface area contributed by atoms with Gasteiger partial charge in [0, 0.05) is 4.90 Å². The van der Waals surface area contributed by atoms with Crippen LogP contribution in [0.5, 0.6) is 0 Å². The molecule has 1 N–H and O–H groups in total. The third kappa shape index (κ3) is 5.74. The number of nitrogens with one attached hydrogen (secondary N) is 1. The number of hydrogen-bond donors (Lipinski definition) is 1. The number of benzene rings is 2. The van der Waals surface area contributed by atoms with Crippen LogP contribution < -0.4 is 5.32 Å². The van der Waals surface area contributed by atoms with Gasteiger partial charge in [0.05, 0.1) is 12.6 Å². The molecule has 0 radical (unpaired) electrons. The molecule has 1 unspecified atom stereocenters. The van der Waals surface area contributed by atoms with Crippen molar-refractivity contribution in [1.29, 1.82) is 0 Å². The van der Waals surface area contributed by atoms with Gasteiger partial charge in [-0.25, -0.2) is 0 Å². The summed E-state index contributed by atoms with van der Waals surface area (Å²) in [5.74, 6) is -0.746. The van der Waals surface area contributed by atoms with E-state index >= 15 is 0 Å². The first kappa shape index (κ1) is 24.6. The first-order valence-electron chi connectivity index (χ1n) is 11.6. The molecule has 1 amide bonds. The number of aryl methyl sites for hydroxylation is 1. The van der Waals surface area contributed by atoms with E-state index in [1.54, 1.807) is 6.07 Å². The minimum absolute atomic E-state index is 0.0607. The molecule has 0 spiro atoms. The van der Waals surface area contributed by atoms with Crippen molar-refractivity contribution in [3.05, 3.63) is 83.1 Å². The Balaban J connectivity index is 1.48. The highest BCUT2D eigenvalue weighted by Gasteiger charge is 2.38. The molecule has 1 aromatic heterocycles. The molecule has 2 atom stereocenters. The van der Waals surface area contributed by atoms with Gasteiger partial charge in [-0.3, -0.25) is 4.79 Å². The Kier molecular flexibility index (Phi) is 6.94.